The van der Waals surface area contributed by atoms with Gasteiger partial charge in [0.05, 0.1) is 10.6 Å². The Hall–Kier alpha value is -4.44. The Labute approximate surface area is 199 Å². The van der Waals surface area contributed by atoms with Crippen molar-refractivity contribution in [3.8, 4) is 11.6 Å². The molecule has 0 radical (unpaired) electrons. The molecule has 170 valence electrons. The number of ether oxygens (including phenoxy) is 1. The molecule has 2 heterocycles. The van der Waals surface area contributed by atoms with E-state index in [4.69, 9.17) is 17.0 Å². The van der Waals surface area contributed by atoms with E-state index in [9.17, 15) is 19.7 Å². The molecule has 2 aromatic carbocycles. The maximum Gasteiger partial charge on any atom is 0.287 e. The summed E-state index contributed by atoms with van der Waals surface area (Å²) in [5, 5.41) is 13.3. The number of benzene rings is 2. The van der Waals surface area contributed by atoms with E-state index in [0.717, 1.165) is 17.3 Å². The van der Waals surface area contributed by atoms with Gasteiger partial charge in [0.2, 0.25) is 5.88 Å². The second kappa shape index (κ2) is 9.20. The molecular weight excluding hydrogens is 456 g/mol. The number of nitrogens with zero attached hydrogens (tertiary/aromatic N) is 3. The van der Waals surface area contributed by atoms with Crippen molar-refractivity contribution in [3.05, 3.63) is 93.2 Å². The van der Waals surface area contributed by atoms with E-state index >= 15 is 0 Å². The highest BCUT2D eigenvalue weighted by molar-refractivity contribution is 7.80. The summed E-state index contributed by atoms with van der Waals surface area (Å²) < 4.78 is 5.58. The minimum atomic E-state index is -0.578. The summed E-state index contributed by atoms with van der Waals surface area (Å²) in [6.45, 7) is 3.90. The SMILES string of the molecule is Cc1ccc(N2C(=O)/C(=C/c3ccc(Oc4ccc([N+](=O)[O-])cn4)cc3)C(=O)NC2=S)cc1C. The zero-order chi connectivity index (χ0) is 24.4. The molecule has 1 aliphatic rings. The molecular formula is C24H18N4O5S. The van der Waals surface area contributed by atoms with Gasteiger partial charge in [-0.25, -0.2) is 4.98 Å². The van der Waals surface area contributed by atoms with E-state index in [1.54, 1.807) is 30.3 Å². The molecule has 0 saturated carbocycles. The normalized spacial score (nSPS) is 14.8. The van der Waals surface area contributed by atoms with Crippen LogP contribution in [-0.2, 0) is 9.59 Å². The number of amides is 2. The molecule has 0 bridgehead atoms. The number of carbonyl (C=O) groups excluding carboxylic acids is 2. The van der Waals surface area contributed by atoms with Gasteiger partial charge in [0.25, 0.3) is 17.5 Å². The molecule has 1 fully saturated rings. The van der Waals surface area contributed by atoms with Crippen LogP contribution in [0.2, 0.25) is 0 Å². The smallest absolute Gasteiger partial charge is 0.287 e. The van der Waals surface area contributed by atoms with Crippen molar-refractivity contribution in [3.63, 3.8) is 0 Å². The molecule has 0 atom stereocenters. The third kappa shape index (κ3) is 4.66. The van der Waals surface area contributed by atoms with E-state index in [2.05, 4.69) is 10.3 Å². The van der Waals surface area contributed by atoms with Crippen molar-refractivity contribution in [1.82, 2.24) is 10.3 Å². The van der Waals surface area contributed by atoms with Gasteiger partial charge in [-0.3, -0.25) is 29.9 Å². The summed E-state index contributed by atoms with van der Waals surface area (Å²) in [6, 6.07) is 14.8. The summed E-state index contributed by atoms with van der Waals surface area (Å²) >= 11 is 5.24. The van der Waals surface area contributed by atoms with Crippen LogP contribution in [0.3, 0.4) is 0 Å². The number of thiocarbonyl (C=S) groups is 1. The first-order valence-corrected chi connectivity index (χ1v) is 10.5. The Morgan fingerprint density at radius 3 is 2.41 bits per heavy atom. The molecule has 34 heavy (non-hydrogen) atoms. The predicted molar refractivity (Wildman–Crippen MR) is 130 cm³/mol. The molecule has 0 spiro atoms. The maximum absolute atomic E-state index is 13.2. The lowest BCUT2D eigenvalue weighted by Crippen LogP contribution is -2.54. The molecule has 1 aliphatic heterocycles. The Morgan fingerprint density at radius 2 is 1.79 bits per heavy atom. The maximum atomic E-state index is 13.2. The lowest BCUT2D eigenvalue weighted by Gasteiger charge is -2.29. The molecule has 9 nitrogen and oxygen atoms in total. The van der Waals surface area contributed by atoms with Gasteiger partial charge in [-0.1, -0.05) is 18.2 Å². The summed E-state index contributed by atoms with van der Waals surface area (Å²) in [4.78, 5) is 41.0. The number of nitro groups is 1. The highest BCUT2D eigenvalue weighted by Crippen LogP contribution is 2.26. The van der Waals surface area contributed by atoms with Gasteiger partial charge in [-0.15, -0.1) is 0 Å². The van der Waals surface area contributed by atoms with Crippen LogP contribution < -0.4 is 15.0 Å². The van der Waals surface area contributed by atoms with Gasteiger partial charge in [-0.05, 0) is 73.1 Å². The highest BCUT2D eigenvalue weighted by atomic mass is 32.1. The summed E-state index contributed by atoms with van der Waals surface area (Å²) in [7, 11) is 0. The number of pyridine rings is 1. The molecule has 1 saturated heterocycles. The van der Waals surface area contributed by atoms with Crippen LogP contribution >= 0.6 is 12.2 Å². The molecule has 1 aromatic heterocycles. The molecule has 4 rings (SSSR count). The van der Waals surface area contributed by atoms with Crippen LogP contribution in [0, 0.1) is 24.0 Å². The largest absolute Gasteiger partial charge is 0.439 e. The number of anilines is 1. The predicted octanol–water partition coefficient (Wildman–Crippen LogP) is 4.23. The van der Waals surface area contributed by atoms with Crippen LogP contribution in [0.1, 0.15) is 16.7 Å². The molecule has 10 heteroatoms. The van der Waals surface area contributed by atoms with Crippen molar-refractivity contribution in [2.45, 2.75) is 13.8 Å². The van der Waals surface area contributed by atoms with Crippen LogP contribution in [-0.4, -0.2) is 26.8 Å². The van der Waals surface area contributed by atoms with Crippen molar-refractivity contribution < 1.29 is 19.2 Å². The van der Waals surface area contributed by atoms with Gasteiger partial charge in [0.15, 0.2) is 5.11 Å². The van der Waals surface area contributed by atoms with Crippen LogP contribution in [0.15, 0.2) is 66.4 Å². The van der Waals surface area contributed by atoms with E-state index < -0.39 is 16.7 Å². The van der Waals surface area contributed by atoms with Crippen LogP contribution in [0.25, 0.3) is 6.08 Å². The fourth-order valence-electron chi connectivity index (χ4n) is 3.22. The number of hydrogen-bond donors (Lipinski definition) is 1. The second-order valence-electron chi connectivity index (χ2n) is 7.51. The minimum Gasteiger partial charge on any atom is -0.439 e. The molecule has 1 N–H and O–H groups in total. The van der Waals surface area contributed by atoms with Crippen molar-refractivity contribution in [2.75, 3.05) is 4.90 Å². The van der Waals surface area contributed by atoms with Crippen LogP contribution in [0.4, 0.5) is 11.4 Å². The van der Waals surface area contributed by atoms with Gasteiger partial charge in [-0.2, -0.15) is 0 Å². The van der Waals surface area contributed by atoms with Crippen molar-refractivity contribution >= 4 is 46.6 Å². The van der Waals surface area contributed by atoms with E-state index in [-0.39, 0.29) is 22.3 Å². The third-order valence-electron chi connectivity index (χ3n) is 5.20. The number of carbonyl (C=O) groups is 2. The highest BCUT2D eigenvalue weighted by Gasteiger charge is 2.34. The Bertz CT molecular complexity index is 1350. The Balaban J connectivity index is 1.55. The molecule has 0 unspecified atom stereocenters. The zero-order valence-electron chi connectivity index (χ0n) is 18.1. The number of aryl methyl sites for hydroxylation is 2. The van der Waals surface area contributed by atoms with Crippen LogP contribution in [0.5, 0.6) is 11.6 Å². The molecule has 3 aromatic rings. The number of hydrogen-bond acceptors (Lipinski definition) is 7. The van der Waals surface area contributed by atoms with Crippen molar-refractivity contribution in [2.24, 2.45) is 0 Å². The number of aromatic nitrogens is 1. The first kappa shape index (κ1) is 22.7. The molecule has 0 aliphatic carbocycles. The Kier molecular flexibility index (Phi) is 6.15. The van der Waals surface area contributed by atoms with E-state index in [0.29, 0.717) is 17.0 Å². The zero-order valence-corrected chi connectivity index (χ0v) is 19.0. The van der Waals surface area contributed by atoms with Crippen molar-refractivity contribution in [1.29, 1.82) is 0 Å². The lowest BCUT2D eigenvalue weighted by molar-refractivity contribution is -0.385. The monoisotopic (exact) mass is 474 g/mol. The summed E-state index contributed by atoms with van der Waals surface area (Å²) in [5.74, 6) is -0.477. The average molecular weight is 474 g/mol. The standard InChI is InChI=1S/C24H18N4O5S/c1-14-3-6-17(11-15(14)2)27-23(30)20(22(29)26-24(27)34)12-16-4-8-19(9-5-16)33-21-10-7-18(13-25-21)28(31)32/h3-13H,1-2H3,(H,26,29,34)/b20-12+. The number of rotatable bonds is 5. The lowest BCUT2D eigenvalue weighted by atomic mass is 10.1. The third-order valence-corrected chi connectivity index (χ3v) is 5.48. The second-order valence-corrected chi connectivity index (χ2v) is 7.90. The fraction of sp³-hybridized carbons (Fsp3) is 0.0833. The van der Waals surface area contributed by atoms with Gasteiger partial charge in [0, 0.05) is 12.1 Å². The minimum absolute atomic E-state index is 0.0229. The van der Waals surface area contributed by atoms with Gasteiger partial charge < -0.3 is 4.74 Å². The van der Waals surface area contributed by atoms with E-state index in [1.165, 1.54) is 23.1 Å². The topological polar surface area (TPSA) is 115 Å². The van der Waals surface area contributed by atoms with Gasteiger partial charge in [0.1, 0.15) is 17.5 Å². The number of nitrogens with one attached hydrogen (secondary N) is 1. The molecule has 2 amide bonds. The average Bonchev–Trinajstić information content (AvgIpc) is 2.80. The van der Waals surface area contributed by atoms with E-state index in [1.807, 2.05) is 26.0 Å². The first-order chi connectivity index (χ1) is 16.2. The summed E-state index contributed by atoms with van der Waals surface area (Å²) in [6.07, 6.45) is 2.58. The first-order valence-electron chi connectivity index (χ1n) is 10.1. The fourth-order valence-corrected chi connectivity index (χ4v) is 3.50. The Morgan fingerprint density at radius 1 is 1.06 bits per heavy atom. The summed E-state index contributed by atoms with van der Waals surface area (Å²) in [5.41, 5.74) is 3.04. The quantitative estimate of drug-likeness (QED) is 0.193. The van der Waals surface area contributed by atoms with Gasteiger partial charge >= 0.3 is 0 Å².